The van der Waals surface area contributed by atoms with Crippen molar-refractivity contribution in [3.8, 4) is 0 Å². The van der Waals surface area contributed by atoms with Gasteiger partial charge in [-0.25, -0.2) is 4.79 Å². The molecule has 116 valence electrons. The van der Waals surface area contributed by atoms with E-state index < -0.39 is 0 Å². The normalized spacial score (nSPS) is 15.9. The van der Waals surface area contributed by atoms with Crippen LogP contribution in [-0.2, 0) is 11.3 Å². The van der Waals surface area contributed by atoms with Crippen molar-refractivity contribution < 1.29 is 14.0 Å². The predicted molar refractivity (Wildman–Crippen MR) is 78.6 cm³/mol. The van der Waals surface area contributed by atoms with E-state index in [4.69, 9.17) is 4.42 Å². The number of carbonyl (C=O) groups excluding carboxylic acids is 2. The number of nitrogens with one attached hydrogen (secondary N) is 2. The number of furan rings is 1. The monoisotopic (exact) mass is 293 g/mol. The lowest BCUT2D eigenvalue weighted by atomic mass is 10.1. The topological polar surface area (TPSA) is 74.6 Å². The highest BCUT2D eigenvalue weighted by Crippen LogP contribution is 2.10. The Kier molecular flexibility index (Phi) is 6.12. The first-order valence-electron chi connectivity index (χ1n) is 7.57. The first kappa shape index (κ1) is 15.4. The minimum Gasteiger partial charge on any atom is -0.467 e. The lowest BCUT2D eigenvalue weighted by Crippen LogP contribution is -2.44. The molecular weight excluding hydrogens is 270 g/mol. The maximum Gasteiger partial charge on any atom is 0.315 e. The molecule has 0 bridgehead atoms. The van der Waals surface area contributed by atoms with Crippen molar-refractivity contribution in [1.29, 1.82) is 0 Å². The number of hydrogen-bond acceptors (Lipinski definition) is 3. The van der Waals surface area contributed by atoms with Gasteiger partial charge in [0.1, 0.15) is 5.76 Å². The van der Waals surface area contributed by atoms with E-state index in [0.717, 1.165) is 25.9 Å². The molecule has 0 radical (unpaired) electrons. The van der Waals surface area contributed by atoms with Crippen LogP contribution in [0.25, 0.3) is 0 Å². The summed E-state index contributed by atoms with van der Waals surface area (Å²) >= 11 is 0. The van der Waals surface area contributed by atoms with Crippen LogP contribution in [0.1, 0.15) is 37.9 Å². The standard InChI is InChI=1S/C15H23N3O3/c19-14(18-8-4-2-1-3-5-9-18)12-17-15(20)16-11-13-7-6-10-21-13/h6-7,10H,1-5,8-9,11-12H2,(H2,16,17,20). The number of nitrogens with zero attached hydrogens (tertiary/aromatic N) is 1. The van der Waals surface area contributed by atoms with Crippen LogP contribution >= 0.6 is 0 Å². The van der Waals surface area contributed by atoms with Gasteiger partial charge in [0.2, 0.25) is 5.91 Å². The van der Waals surface area contributed by atoms with Crippen molar-refractivity contribution >= 4 is 11.9 Å². The fourth-order valence-corrected chi connectivity index (χ4v) is 2.41. The third-order valence-corrected chi connectivity index (χ3v) is 3.61. The average molecular weight is 293 g/mol. The molecule has 21 heavy (non-hydrogen) atoms. The molecule has 3 amide bonds. The molecule has 6 heteroatoms. The Morgan fingerprint density at radius 1 is 1.10 bits per heavy atom. The molecule has 0 spiro atoms. The van der Waals surface area contributed by atoms with Crippen LogP contribution in [0.15, 0.2) is 22.8 Å². The van der Waals surface area contributed by atoms with Crippen molar-refractivity contribution in [1.82, 2.24) is 15.5 Å². The first-order chi connectivity index (χ1) is 10.3. The maximum absolute atomic E-state index is 12.1. The fourth-order valence-electron chi connectivity index (χ4n) is 2.41. The molecule has 6 nitrogen and oxygen atoms in total. The van der Waals surface area contributed by atoms with E-state index in [1.807, 2.05) is 4.90 Å². The van der Waals surface area contributed by atoms with Crippen LogP contribution in [0.2, 0.25) is 0 Å². The highest BCUT2D eigenvalue weighted by molar-refractivity contribution is 5.83. The summed E-state index contributed by atoms with van der Waals surface area (Å²) in [6.07, 6.45) is 7.28. The number of likely N-dealkylation sites (tertiary alicyclic amines) is 1. The van der Waals surface area contributed by atoms with Crippen LogP contribution in [0.3, 0.4) is 0 Å². The van der Waals surface area contributed by atoms with Gasteiger partial charge in [0.15, 0.2) is 0 Å². The lowest BCUT2D eigenvalue weighted by molar-refractivity contribution is -0.130. The number of rotatable bonds is 4. The van der Waals surface area contributed by atoms with Gasteiger partial charge in [-0.15, -0.1) is 0 Å². The highest BCUT2D eigenvalue weighted by atomic mass is 16.3. The minimum atomic E-state index is -0.355. The van der Waals surface area contributed by atoms with Crippen molar-refractivity contribution in [2.24, 2.45) is 0 Å². The fraction of sp³-hybridized carbons (Fsp3) is 0.600. The highest BCUT2D eigenvalue weighted by Gasteiger charge is 2.15. The average Bonchev–Trinajstić information content (AvgIpc) is 2.95. The van der Waals surface area contributed by atoms with E-state index in [-0.39, 0.29) is 18.5 Å². The van der Waals surface area contributed by atoms with Crippen molar-refractivity contribution in [3.63, 3.8) is 0 Å². The maximum atomic E-state index is 12.1. The predicted octanol–water partition coefficient (Wildman–Crippen LogP) is 1.87. The van der Waals surface area contributed by atoms with Gasteiger partial charge < -0.3 is 20.0 Å². The third kappa shape index (κ3) is 5.49. The Hall–Kier alpha value is -1.98. The Balaban J connectivity index is 1.66. The summed E-state index contributed by atoms with van der Waals surface area (Å²) in [6.45, 7) is 1.96. The molecule has 1 aromatic heterocycles. The van der Waals surface area contributed by atoms with Crippen LogP contribution in [0.5, 0.6) is 0 Å². The van der Waals surface area contributed by atoms with Crippen LogP contribution in [0, 0.1) is 0 Å². The van der Waals surface area contributed by atoms with Crippen LogP contribution in [0.4, 0.5) is 4.79 Å². The smallest absolute Gasteiger partial charge is 0.315 e. The van der Waals surface area contributed by atoms with Crippen molar-refractivity contribution in [2.75, 3.05) is 19.6 Å². The van der Waals surface area contributed by atoms with E-state index in [1.165, 1.54) is 19.3 Å². The van der Waals surface area contributed by atoms with E-state index in [1.54, 1.807) is 18.4 Å². The molecule has 1 saturated heterocycles. The molecule has 1 aliphatic rings. The summed E-state index contributed by atoms with van der Waals surface area (Å²) < 4.78 is 5.11. The SMILES string of the molecule is O=C(NCC(=O)N1CCCCCCC1)NCc1ccco1. The van der Waals surface area contributed by atoms with Crippen molar-refractivity contribution in [2.45, 2.75) is 38.6 Å². The van der Waals surface area contributed by atoms with Crippen LogP contribution in [-0.4, -0.2) is 36.5 Å². The lowest BCUT2D eigenvalue weighted by Gasteiger charge is -2.24. The van der Waals surface area contributed by atoms with Gasteiger partial charge in [0.25, 0.3) is 0 Å². The molecule has 0 unspecified atom stereocenters. The van der Waals surface area contributed by atoms with Gasteiger partial charge in [-0.05, 0) is 25.0 Å². The molecule has 2 heterocycles. The largest absolute Gasteiger partial charge is 0.467 e. The quantitative estimate of drug-likeness (QED) is 0.890. The Labute approximate surface area is 124 Å². The second-order valence-corrected chi connectivity index (χ2v) is 5.26. The van der Waals surface area contributed by atoms with Gasteiger partial charge in [-0.2, -0.15) is 0 Å². The summed E-state index contributed by atoms with van der Waals surface area (Å²) in [5.41, 5.74) is 0. The summed E-state index contributed by atoms with van der Waals surface area (Å²) in [7, 11) is 0. The molecule has 2 rings (SSSR count). The second-order valence-electron chi connectivity index (χ2n) is 5.26. The van der Waals surface area contributed by atoms with Gasteiger partial charge in [-0.3, -0.25) is 4.79 Å². The summed E-state index contributed by atoms with van der Waals surface area (Å²) in [5, 5.41) is 5.25. The molecule has 1 aliphatic heterocycles. The van der Waals surface area contributed by atoms with Gasteiger partial charge in [0, 0.05) is 13.1 Å². The van der Waals surface area contributed by atoms with Crippen molar-refractivity contribution in [3.05, 3.63) is 24.2 Å². The molecule has 0 aromatic carbocycles. The molecule has 0 atom stereocenters. The molecule has 0 aliphatic carbocycles. The van der Waals surface area contributed by atoms with Gasteiger partial charge >= 0.3 is 6.03 Å². The van der Waals surface area contributed by atoms with E-state index in [0.29, 0.717) is 12.3 Å². The number of hydrogen-bond donors (Lipinski definition) is 2. The Morgan fingerprint density at radius 2 is 1.81 bits per heavy atom. The third-order valence-electron chi connectivity index (χ3n) is 3.61. The zero-order valence-electron chi connectivity index (χ0n) is 12.3. The minimum absolute atomic E-state index is 0.00921. The molecule has 1 aromatic rings. The Morgan fingerprint density at radius 3 is 2.48 bits per heavy atom. The molecule has 2 N–H and O–H groups in total. The molecular formula is C15H23N3O3. The summed E-state index contributed by atoms with van der Waals surface area (Å²) in [4.78, 5) is 25.5. The zero-order chi connectivity index (χ0) is 14.9. The summed E-state index contributed by atoms with van der Waals surface area (Å²) in [6, 6.07) is 3.19. The number of carbonyl (C=O) groups is 2. The zero-order valence-corrected chi connectivity index (χ0v) is 12.3. The summed E-state index contributed by atoms with van der Waals surface area (Å²) in [5.74, 6) is 0.672. The molecule has 0 saturated carbocycles. The Bertz CT molecular complexity index is 437. The van der Waals surface area contributed by atoms with E-state index >= 15 is 0 Å². The number of amides is 3. The van der Waals surface area contributed by atoms with Gasteiger partial charge in [0.05, 0.1) is 19.4 Å². The van der Waals surface area contributed by atoms with Gasteiger partial charge in [-0.1, -0.05) is 19.3 Å². The first-order valence-corrected chi connectivity index (χ1v) is 7.57. The number of urea groups is 1. The van der Waals surface area contributed by atoms with E-state index in [2.05, 4.69) is 10.6 Å². The molecule has 1 fully saturated rings. The second kappa shape index (κ2) is 8.34. The van der Waals surface area contributed by atoms with E-state index in [9.17, 15) is 9.59 Å². The van der Waals surface area contributed by atoms with Crippen LogP contribution < -0.4 is 10.6 Å².